The van der Waals surface area contributed by atoms with E-state index in [9.17, 15) is 32.7 Å². The molecule has 5 aromatic rings. The molecule has 0 aliphatic carbocycles. The molecule has 1 unspecified atom stereocenters. The van der Waals surface area contributed by atoms with Crippen molar-refractivity contribution < 1.29 is 42.5 Å². The molecule has 5 N–H and O–H groups in total. The maximum absolute atomic E-state index is 11.4. The fourth-order valence-electron chi connectivity index (χ4n) is 5.24. The minimum atomic E-state index is -3.26. The number of rotatable bonds is 5. The van der Waals surface area contributed by atoms with Crippen LogP contribution in [-0.4, -0.2) is 87.5 Å². The number of phenols is 1. The Balaban J connectivity index is 0.000000194. The highest BCUT2D eigenvalue weighted by Gasteiger charge is 2.31. The van der Waals surface area contributed by atoms with E-state index < -0.39 is 22.3 Å². The number of nitrogens with zero attached hydrogens (tertiary/aromatic N) is 2. The number of aliphatic hydroxyl groups excluding tert-OH is 1. The fraction of sp³-hybridized carbons (Fsp3) is 0.209. The van der Waals surface area contributed by atoms with E-state index in [1.807, 2.05) is 62.5 Å². The average Bonchev–Trinajstić information content (AvgIpc) is 3.65. The van der Waals surface area contributed by atoms with Crippen LogP contribution < -0.4 is 15.4 Å². The van der Waals surface area contributed by atoms with Gasteiger partial charge in [0.1, 0.15) is 5.75 Å². The quantitative estimate of drug-likeness (QED) is 0.153. The fourth-order valence-corrected chi connectivity index (χ4v) is 5.97. The molecule has 7 rings (SSSR count). The molecule has 2 aliphatic rings. The number of carbonyl (C=O) groups excluding carboxylic acids is 4. The first-order chi connectivity index (χ1) is 27.6. The van der Waals surface area contributed by atoms with E-state index in [4.69, 9.17) is 5.11 Å². The van der Waals surface area contributed by atoms with Crippen molar-refractivity contribution in [3.8, 4) is 5.75 Å². The summed E-state index contributed by atoms with van der Waals surface area (Å²) in [4.78, 5) is 47.6. The highest BCUT2D eigenvalue weighted by molar-refractivity contribution is 7.89. The van der Waals surface area contributed by atoms with Gasteiger partial charge in [0.2, 0.25) is 15.9 Å². The van der Waals surface area contributed by atoms with Crippen molar-refractivity contribution in [1.29, 1.82) is 0 Å². The van der Waals surface area contributed by atoms with Gasteiger partial charge in [-0.3, -0.25) is 19.7 Å². The van der Waals surface area contributed by atoms with Gasteiger partial charge < -0.3 is 30.1 Å². The molecule has 1 atom stereocenters. The van der Waals surface area contributed by atoms with Crippen molar-refractivity contribution in [1.82, 2.24) is 19.8 Å². The number of ether oxygens (including phenoxy) is 1. The van der Waals surface area contributed by atoms with E-state index in [1.54, 1.807) is 97.9 Å². The standard InChI is InChI=1S/C9H9NO2.C9H11NO2.C9H9NO.C8H11NO2S.C8H9NO2/c1-10-8(11)6-4-2-3-5-7(6)9(10)12;1-10-9(12)6-7-2-4-8(11)5-3-7;1-10-6-7-4-2-3-5-8(7)9(10)11;1-7-3-5-8(6-4-7)12(10,11)9-2;1-11-8(10)9-7-5-3-2-4-6-7/h2-5,8,11H,1H3;2-5,11H,6H2,1H3,(H,10,12);2-5H,6H2,1H3;3-6,9H,1-2H3;2-6H,1H3,(H,9,10). The van der Waals surface area contributed by atoms with Crippen LogP contribution in [0.2, 0.25) is 0 Å². The van der Waals surface area contributed by atoms with Gasteiger partial charge in [0, 0.05) is 50.1 Å². The maximum Gasteiger partial charge on any atom is 0.411 e. The number of hydrogen-bond acceptors (Lipinski definition) is 9. The van der Waals surface area contributed by atoms with E-state index >= 15 is 0 Å². The van der Waals surface area contributed by atoms with Crippen molar-refractivity contribution in [2.24, 2.45) is 0 Å². The van der Waals surface area contributed by atoms with Gasteiger partial charge in [-0.25, -0.2) is 17.9 Å². The molecule has 0 spiro atoms. The number of aromatic hydroxyl groups is 1. The van der Waals surface area contributed by atoms with Crippen molar-refractivity contribution >= 4 is 39.5 Å². The summed E-state index contributed by atoms with van der Waals surface area (Å²) in [5.41, 5.74) is 5.98. The molecule has 0 saturated carbocycles. The lowest BCUT2D eigenvalue weighted by Gasteiger charge is -2.13. The highest BCUT2D eigenvalue weighted by atomic mass is 32.2. The summed E-state index contributed by atoms with van der Waals surface area (Å²) in [6, 6.07) is 37.3. The molecule has 58 heavy (non-hydrogen) atoms. The highest BCUT2D eigenvalue weighted by Crippen LogP contribution is 2.29. The Kier molecular flexibility index (Phi) is 17.6. The van der Waals surface area contributed by atoms with Gasteiger partial charge in [-0.1, -0.05) is 84.4 Å². The molecule has 2 heterocycles. The first-order valence-electron chi connectivity index (χ1n) is 17.9. The predicted octanol–water partition coefficient (Wildman–Crippen LogP) is 5.48. The molecule has 0 radical (unpaired) electrons. The second-order valence-electron chi connectivity index (χ2n) is 12.7. The number of anilines is 1. The van der Waals surface area contributed by atoms with Gasteiger partial charge in [-0.15, -0.1) is 0 Å². The van der Waals surface area contributed by atoms with Crippen LogP contribution in [0.3, 0.4) is 0 Å². The third-order valence-corrected chi connectivity index (χ3v) is 9.97. The average molecular weight is 812 g/mol. The van der Waals surface area contributed by atoms with Gasteiger partial charge in [0.05, 0.1) is 18.4 Å². The summed E-state index contributed by atoms with van der Waals surface area (Å²) in [6.07, 6.45) is -0.860. The number of aliphatic hydroxyl groups is 1. The van der Waals surface area contributed by atoms with Gasteiger partial charge in [0.15, 0.2) is 6.23 Å². The number of para-hydroxylation sites is 1. The monoisotopic (exact) mass is 811 g/mol. The van der Waals surface area contributed by atoms with Crippen LogP contribution in [0.4, 0.5) is 10.5 Å². The molecule has 15 heteroatoms. The van der Waals surface area contributed by atoms with E-state index in [-0.39, 0.29) is 23.5 Å². The molecular formula is C43H49N5O9S. The Morgan fingerprint density at radius 2 is 1.34 bits per heavy atom. The lowest BCUT2D eigenvalue weighted by Crippen LogP contribution is -2.22. The maximum atomic E-state index is 11.4. The molecule has 0 fully saturated rings. The molecule has 5 aromatic carbocycles. The van der Waals surface area contributed by atoms with Crippen LogP contribution in [0.25, 0.3) is 0 Å². The van der Waals surface area contributed by atoms with Crippen molar-refractivity contribution in [2.45, 2.75) is 31.0 Å². The minimum absolute atomic E-state index is 0.0271. The molecule has 4 amide bonds. The number of sulfonamides is 1. The number of amides is 4. The summed E-state index contributed by atoms with van der Waals surface area (Å²) >= 11 is 0. The number of benzene rings is 5. The number of phenolic OH excluding ortho intramolecular Hbond substituents is 1. The minimum Gasteiger partial charge on any atom is -0.508 e. The molecular weight excluding hydrogens is 763 g/mol. The van der Waals surface area contributed by atoms with E-state index in [2.05, 4.69) is 20.1 Å². The van der Waals surface area contributed by atoms with Gasteiger partial charge in [-0.2, -0.15) is 0 Å². The number of nitrogens with one attached hydrogen (secondary N) is 3. The number of fused-ring (bicyclic) bond motifs is 2. The Morgan fingerprint density at radius 3 is 1.90 bits per heavy atom. The van der Waals surface area contributed by atoms with Crippen LogP contribution in [-0.2, 0) is 32.5 Å². The van der Waals surface area contributed by atoms with Crippen LogP contribution in [0, 0.1) is 6.92 Å². The van der Waals surface area contributed by atoms with Crippen LogP contribution in [0.1, 0.15) is 49.2 Å². The van der Waals surface area contributed by atoms with Crippen LogP contribution in [0.15, 0.2) is 132 Å². The van der Waals surface area contributed by atoms with Crippen molar-refractivity contribution in [2.75, 3.05) is 40.6 Å². The topological polar surface area (TPSA) is 195 Å². The molecule has 306 valence electrons. The van der Waals surface area contributed by atoms with Crippen LogP contribution >= 0.6 is 0 Å². The summed E-state index contributed by atoms with van der Waals surface area (Å²) in [6.45, 7) is 2.67. The Morgan fingerprint density at radius 1 is 0.776 bits per heavy atom. The largest absolute Gasteiger partial charge is 0.508 e. The normalized spacial score (nSPS) is 13.3. The molecule has 0 aromatic heterocycles. The van der Waals surface area contributed by atoms with Crippen molar-refractivity contribution in [3.63, 3.8) is 0 Å². The summed E-state index contributed by atoms with van der Waals surface area (Å²) < 4.78 is 29.1. The number of aryl methyl sites for hydroxylation is 1. The van der Waals surface area contributed by atoms with Crippen molar-refractivity contribution in [3.05, 3.63) is 161 Å². The molecule has 0 saturated heterocycles. The molecule has 14 nitrogen and oxygen atoms in total. The van der Waals surface area contributed by atoms with E-state index in [1.165, 1.54) is 19.1 Å². The second kappa shape index (κ2) is 22.3. The Labute approximate surface area is 339 Å². The molecule has 2 aliphatic heterocycles. The van der Waals surface area contributed by atoms with Gasteiger partial charge in [-0.05, 0) is 73.6 Å². The summed E-state index contributed by atoms with van der Waals surface area (Å²) in [7, 11) is 4.48. The second-order valence-corrected chi connectivity index (χ2v) is 14.6. The third kappa shape index (κ3) is 13.6. The lowest BCUT2D eigenvalue weighted by molar-refractivity contribution is -0.119. The Hall–Kier alpha value is -6.55. The molecule has 0 bridgehead atoms. The van der Waals surface area contributed by atoms with E-state index in [0.717, 1.165) is 34.5 Å². The zero-order valence-electron chi connectivity index (χ0n) is 33.2. The smallest absolute Gasteiger partial charge is 0.411 e. The van der Waals surface area contributed by atoms with Crippen LogP contribution in [0.5, 0.6) is 5.75 Å². The first kappa shape index (κ1) is 45.8. The lowest BCUT2D eigenvalue weighted by atomic mass is 10.1. The third-order valence-electron chi connectivity index (χ3n) is 8.54. The van der Waals surface area contributed by atoms with Gasteiger partial charge >= 0.3 is 6.09 Å². The zero-order valence-corrected chi connectivity index (χ0v) is 34.0. The number of carbonyl (C=O) groups is 4. The summed E-state index contributed by atoms with van der Waals surface area (Å²) in [5, 5.41) is 23.5. The first-order valence-corrected chi connectivity index (χ1v) is 19.4. The summed E-state index contributed by atoms with van der Waals surface area (Å²) in [5.74, 6) is 0.218. The number of likely N-dealkylation sites (N-methyl/N-ethyl adjacent to an activating group) is 1. The number of methoxy groups -OCH3 is 1. The number of hydrogen-bond donors (Lipinski definition) is 5. The predicted molar refractivity (Wildman–Crippen MR) is 222 cm³/mol. The SMILES string of the molecule is CN1C(=O)c2ccccc2C1O.CN1Cc2ccccc2C1=O.CNC(=O)Cc1ccc(O)cc1.CNS(=O)(=O)c1ccc(C)cc1.COC(=O)Nc1ccccc1. The zero-order chi connectivity index (χ0) is 42.8. The van der Waals surface area contributed by atoms with Gasteiger partial charge in [0.25, 0.3) is 11.8 Å². The van der Waals surface area contributed by atoms with E-state index in [0.29, 0.717) is 22.4 Å². The Bertz CT molecular complexity index is 2240.